The fourth-order valence-electron chi connectivity index (χ4n) is 7.24. The molecule has 6 aliphatic rings. The number of hydrogen-bond acceptors (Lipinski definition) is 4. The van der Waals surface area contributed by atoms with Gasteiger partial charge in [-0.15, -0.1) is 0 Å². The molecule has 6 nitrogen and oxygen atoms in total. The molecular weight excluding hydrogens is 380 g/mol. The van der Waals surface area contributed by atoms with Crippen molar-refractivity contribution in [1.82, 2.24) is 9.80 Å². The molecule has 2 amide bonds. The topological polar surface area (TPSA) is 59.1 Å². The minimum atomic E-state index is -0.0920. The lowest BCUT2D eigenvalue weighted by Crippen LogP contribution is -2.55. The van der Waals surface area contributed by atoms with Crippen molar-refractivity contribution in [2.45, 2.75) is 44.9 Å². The summed E-state index contributed by atoms with van der Waals surface area (Å²) in [7, 11) is 0. The van der Waals surface area contributed by atoms with Crippen LogP contribution >= 0.6 is 0 Å². The maximum atomic E-state index is 13.7. The lowest BCUT2D eigenvalue weighted by Gasteiger charge is -2.56. The number of carbonyl (C=O) groups is 2. The van der Waals surface area contributed by atoms with Gasteiger partial charge < -0.3 is 19.3 Å². The Labute approximate surface area is 177 Å². The number of carbonyl (C=O) groups excluding carboxylic acids is 2. The van der Waals surface area contributed by atoms with E-state index in [-0.39, 0.29) is 18.1 Å². The van der Waals surface area contributed by atoms with Crippen molar-refractivity contribution < 1.29 is 19.1 Å². The van der Waals surface area contributed by atoms with Crippen molar-refractivity contribution in [2.24, 2.45) is 23.2 Å². The van der Waals surface area contributed by atoms with Gasteiger partial charge in [0.05, 0.1) is 5.41 Å². The zero-order valence-corrected chi connectivity index (χ0v) is 17.5. The second kappa shape index (κ2) is 6.89. The van der Waals surface area contributed by atoms with Gasteiger partial charge in [0.1, 0.15) is 0 Å². The molecule has 4 aliphatic carbocycles. The minimum absolute atomic E-state index is 0.0115. The van der Waals surface area contributed by atoms with E-state index in [1.807, 2.05) is 4.90 Å². The zero-order chi connectivity index (χ0) is 20.3. The summed E-state index contributed by atoms with van der Waals surface area (Å²) in [4.78, 5) is 30.7. The summed E-state index contributed by atoms with van der Waals surface area (Å²) >= 11 is 0. The Morgan fingerprint density at radius 3 is 2.20 bits per heavy atom. The average molecular weight is 411 g/mol. The Kier molecular flexibility index (Phi) is 4.26. The molecule has 4 saturated carbocycles. The molecule has 0 spiro atoms. The van der Waals surface area contributed by atoms with Gasteiger partial charge in [0.25, 0.3) is 5.91 Å². The van der Waals surface area contributed by atoms with E-state index in [0.29, 0.717) is 42.6 Å². The quantitative estimate of drug-likeness (QED) is 0.751. The molecule has 30 heavy (non-hydrogen) atoms. The largest absolute Gasteiger partial charge is 0.454 e. The van der Waals surface area contributed by atoms with Crippen molar-refractivity contribution in [3.8, 4) is 11.5 Å². The molecular formula is C24H30N2O4. The van der Waals surface area contributed by atoms with Crippen LogP contribution in [0, 0.1) is 23.2 Å². The molecule has 1 aromatic rings. The van der Waals surface area contributed by atoms with Crippen LogP contribution in [0.15, 0.2) is 18.2 Å². The highest BCUT2D eigenvalue weighted by molar-refractivity contribution is 5.95. The Bertz CT molecular complexity index is 847. The van der Waals surface area contributed by atoms with Crippen LogP contribution in [0.3, 0.4) is 0 Å². The second-order valence-corrected chi connectivity index (χ2v) is 10.2. The number of hydrogen-bond donors (Lipinski definition) is 0. The second-order valence-electron chi connectivity index (χ2n) is 10.2. The van der Waals surface area contributed by atoms with Gasteiger partial charge in [0, 0.05) is 31.7 Å². The first-order chi connectivity index (χ1) is 14.6. The number of fused-ring (bicyclic) bond motifs is 1. The fourth-order valence-corrected chi connectivity index (χ4v) is 7.24. The zero-order valence-electron chi connectivity index (χ0n) is 17.5. The van der Waals surface area contributed by atoms with Gasteiger partial charge >= 0.3 is 0 Å². The maximum absolute atomic E-state index is 13.7. The molecule has 6 heteroatoms. The van der Waals surface area contributed by atoms with E-state index < -0.39 is 0 Å². The number of nitrogens with zero attached hydrogens (tertiary/aromatic N) is 2. The first-order valence-electron chi connectivity index (χ1n) is 11.6. The number of amides is 2. The summed E-state index contributed by atoms with van der Waals surface area (Å²) in [6.45, 7) is 2.92. The van der Waals surface area contributed by atoms with Gasteiger partial charge in [-0.1, -0.05) is 0 Å². The highest BCUT2D eigenvalue weighted by atomic mass is 16.7. The van der Waals surface area contributed by atoms with E-state index in [2.05, 4.69) is 4.90 Å². The number of rotatable bonds is 2. The molecule has 2 heterocycles. The maximum Gasteiger partial charge on any atom is 0.254 e. The van der Waals surface area contributed by atoms with E-state index in [9.17, 15) is 9.59 Å². The third kappa shape index (κ3) is 2.98. The standard InChI is InChI=1S/C24H30N2O4/c27-22(19-2-3-20-21(11-19)30-15-29-20)25-4-1-5-26(7-6-25)23(28)24-12-16-8-17(13-24)10-18(9-16)14-24/h2-3,11,16-18H,1,4-10,12-15H2. The van der Waals surface area contributed by atoms with Crippen LogP contribution in [0.2, 0.25) is 0 Å². The van der Waals surface area contributed by atoms with Crippen LogP contribution in [0.4, 0.5) is 0 Å². The van der Waals surface area contributed by atoms with Gasteiger partial charge in [-0.2, -0.15) is 0 Å². The number of benzene rings is 1. The normalized spacial score (nSPS) is 34.2. The van der Waals surface area contributed by atoms with Crippen molar-refractivity contribution in [3.63, 3.8) is 0 Å². The van der Waals surface area contributed by atoms with Gasteiger partial charge in [-0.05, 0) is 80.9 Å². The lowest BCUT2D eigenvalue weighted by atomic mass is 9.49. The van der Waals surface area contributed by atoms with Crippen LogP contribution < -0.4 is 9.47 Å². The summed E-state index contributed by atoms with van der Waals surface area (Å²) < 4.78 is 10.8. The summed E-state index contributed by atoms with van der Waals surface area (Å²) in [6.07, 6.45) is 8.21. The smallest absolute Gasteiger partial charge is 0.254 e. The molecule has 1 saturated heterocycles. The van der Waals surface area contributed by atoms with Gasteiger partial charge in [0.15, 0.2) is 11.5 Å². The average Bonchev–Trinajstić information content (AvgIpc) is 3.07. The Morgan fingerprint density at radius 1 is 0.833 bits per heavy atom. The SMILES string of the molecule is O=C(c1ccc2c(c1)OCO2)N1CCCN(C(=O)C23CC4CC(CC(C4)C2)C3)CC1. The monoisotopic (exact) mass is 410 g/mol. The van der Waals surface area contributed by atoms with E-state index in [1.165, 1.54) is 19.3 Å². The van der Waals surface area contributed by atoms with Crippen molar-refractivity contribution in [1.29, 1.82) is 0 Å². The Hall–Kier alpha value is -2.24. The Morgan fingerprint density at radius 2 is 1.47 bits per heavy atom. The van der Waals surface area contributed by atoms with Crippen molar-refractivity contribution in [3.05, 3.63) is 23.8 Å². The predicted molar refractivity (Wildman–Crippen MR) is 110 cm³/mol. The van der Waals surface area contributed by atoms with Gasteiger partial charge in [-0.3, -0.25) is 9.59 Å². The van der Waals surface area contributed by atoms with Crippen LogP contribution in [-0.2, 0) is 4.79 Å². The molecule has 160 valence electrons. The molecule has 1 aromatic carbocycles. The van der Waals surface area contributed by atoms with Crippen molar-refractivity contribution in [2.75, 3.05) is 33.0 Å². The molecule has 0 unspecified atom stereocenters. The molecule has 7 rings (SSSR count). The molecule has 0 atom stereocenters. The van der Waals surface area contributed by atoms with E-state index in [4.69, 9.17) is 9.47 Å². The first-order valence-corrected chi connectivity index (χ1v) is 11.6. The molecule has 5 fully saturated rings. The Balaban J connectivity index is 1.14. The van der Waals surface area contributed by atoms with Crippen molar-refractivity contribution >= 4 is 11.8 Å². The van der Waals surface area contributed by atoms with E-state index in [0.717, 1.165) is 50.0 Å². The summed E-state index contributed by atoms with van der Waals surface area (Å²) in [5.41, 5.74) is 0.533. The molecule has 0 aromatic heterocycles. The highest BCUT2D eigenvalue weighted by Gasteiger charge is 2.55. The minimum Gasteiger partial charge on any atom is -0.454 e. The van der Waals surface area contributed by atoms with Gasteiger partial charge in [0.2, 0.25) is 12.7 Å². The first kappa shape index (κ1) is 18.5. The molecule has 0 radical (unpaired) electrons. The van der Waals surface area contributed by atoms with E-state index >= 15 is 0 Å². The molecule has 0 N–H and O–H groups in total. The van der Waals surface area contributed by atoms with E-state index in [1.54, 1.807) is 18.2 Å². The third-order valence-corrected chi connectivity index (χ3v) is 8.18. The van der Waals surface area contributed by atoms with Crippen LogP contribution in [0.1, 0.15) is 55.3 Å². The van der Waals surface area contributed by atoms with Crippen LogP contribution in [0.25, 0.3) is 0 Å². The number of ether oxygens (including phenoxy) is 2. The van der Waals surface area contributed by atoms with Crippen LogP contribution in [-0.4, -0.2) is 54.6 Å². The summed E-state index contributed by atoms with van der Waals surface area (Å²) in [6, 6.07) is 5.38. The highest BCUT2D eigenvalue weighted by Crippen LogP contribution is 2.60. The lowest BCUT2D eigenvalue weighted by molar-refractivity contribution is -0.157. The fraction of sp³-hybridized carbons (Fsp3) is 0.667. The molecule has 4 bridgehead atoms. The van der Waals surface area contributed by atoms with Crippen LogP contribution in [0.5, 0.6) is 11.5 Å². The predicted octanol–water partition coefficient (Wildman–Crippen LogP) is 3.31. The summed E-state index contributed by atoms with van der Waals surface area (Å²) in [5, 5.41) is 0. The summed E-state index contributed by atoms with van der Waals surface area (Å²) in [5.74, 6) is 4.05. The molecule has 2 aliphatic heterocycles. The third-order valence-electron chi connectivity index (χ3n) is 8.18. The van der Waals surface area contributed by atoms with Gasteiger partial charge in [-0.25, -0.2) is 0 Å².